The maximum absolute atomic E-state index is 10.7. The van der Waals surface area contributed by atoms with Crippen LogP contribution >= 0.6 is 0 Å². The van der Waals surface area contributed by atoms with Gasteiger partial charge in [-0.15, -0.1) is 0 Å². The van der Waals surface area contributed by atoms with E-state index in [1.54, 1.807) is 0 Å². The Morgan fingerprint density at radius 2 is 2.08 bits per heavy atom. The second kappa shape index (κ2) is 6.41. The summed E-state index contributed by atoms with van der Waals surface area (Å²) in [6, 6.07) is -0.432. The van der Waals surface area contributed by atoms with Gasteiger partial charge in [0, 0.05) is 13.7 Å². The second-order valence-corrected chi connectivity index (χ2v) is 2.01. The van der Waals surface area contributed by atoms with E-state index in [1.807, 2.05) is 0 Å². The Bertz CT molecular complexity index is 160. The summed E-state index contributed by atoms with van der Waals surface area (Å²) in [5, 5.41) is 12.9. The lowest BCUT2D eigenvalue weighted by atomic mass is 10.4. The summed E-state index contributed by atoms with van der Waals surface area (Å²) in [4.78, 5) is 20.7. The van der Waals surface area contributed by atoms with Crippen molar-refractivity contribution in [2.45, 2.75) is 6.42 Å². The van der Waals surface area contributed by atoms with E-state index < -0.39 is 12.0 Å². The molecule has 0 aliphatic rings. The van der Waals surface area contributed by atoms with Crippen LogP contribution in [-0.2, 0) is 9.53 Å². The molecule has 0 radical (unpaired) electrons. The van der Waals surface area contributed by atoms with Gasteiger partial charge in [-0.2, -0.15) is 0 Å². The summed E-state index contributed by atoms with van der Waals surface area (Å²) >= 11 is 0. The van der Waals surface area contributed by atoms with Crippen LogP contribution < -0.4 is 10.6 Å². The zero-order valence-electron chi connectivity index (χ0n) is 6.79. The molecule has 0 rings (SSSR count). The molecule has 0 bridgehead atoms. The lowest BCUT2D eigenvalue weighted by molar-refractivity contribution is -0.136. The van der Waals surface area contributed by atoms with Gasteiger partial charge in [0.25, 0.3) is 0 Å². The molecule has 6 nitrogen and oxygen atoms in total. The molecule has 0 saturated heterocycles. The first-order chi connectivity index (χ1) is 5.66. The van der Waals surface area contributed by atoms with Crippen molar-refractivity contribution < 1.29 is 19.4 Å². The van der Waals surface area contributed by atoms with E-state index in [9.17, 15) is 9.59 Å². The van der Waals surface area contributed by atoms with E-state index in [1.165, 1.54) is 7.11 Å². The first kappa shape index (κ1) is 10.7. The number of ether oxygens (including phenoxy) is 1. The van der Waals surface area contributed by atoms with E-state index in [4.69, 9.17) is 5.11 Å². The van der Waals surface area contributed by atoms with Crippen LogP contribution in [0.1, 0.15) is 6.42 Å². The first-order valence-electron chi connectivity index (χ1n) is 3.39. The topological polar surface area (TPSA) is 87.7 Å². The molecule has 0 aromatic rings. The number of hydrogen-bond donors (Lipinski definition) is 3. The molecule has 0 aliphatic heterocycles. The van der Waals surface area contributed by atoms with Crippen molar-refractivity contribution in [3.8, 4) is 0 Å². The number of rotatable bonds is 5. The van der Waals surface area contributed by atoms with E-state index >= 15 is 0 Å². The Hall–Kier alpha value is -1.30. The average Bonchev–Trinajstić information content (AvgIpc) is 2.00. The van der Waals surface area contributed by atoms with Gasteiger partial charge in [0.05, 0.1) is 6.42 Å². The number of carbonyl (C=O) groups is 2. The van der Waals surface area contributed by atoms with Crippen LogP contribution in [0.2, 0.25) is 0 Å². The zero-order chi connectivity index (χ0) is 9.40. The predicted molar refractivity (Wildman–Crippen MR) is 40.7 cm³/mol. The highest BCUT2D eigenvalue weighted by Gasteiger charge is 1.99. The Morgan fingerprint density at radius 1 is 1.42 bits per heavy atom. The van der Waals surface area contributed by atoms with Crippen molar-refractivity contribution in [1.29, 1.82) is 0 Å². The van der Waals surface area contributed by atoms with E-state index in [2.05, 4.69) is 15.4 Å². The lowest BCUT2D eigenvalue weighted by Gasteiger charge is -2.04. The third kappa shape index (κ3) is 6.81. The van der Waals surface area contributed by atoms with Crippen LogP contribution in [0.15, 0.2) is 0 Å². The summed E-state index contributed by atoms with van der Waals surface area (Å²) in [6.07, 6.45) is -0.0829. The standard InChI is InChI=1S/C6H12N2O4/c1-12-4-8-6(11)7-3-2-5(9)10/h2-4H2,1H3,(H,9,10)(H2,7,8,11). The molecule has 2 amide bonds. The molecular formula is C6H12N2O4. The van der Waals surface area contributed by atoms with Crippen molar-refractivity contribution in [1.82, 2.24) is 10.6 Å². The number of hydrogen-bond acceptors (Lipinski definition) is 3. The molecule has 0 aliphatic carbocycles. The number of amides is 2. The van der Waals surface area contributed by atoms with Crippen molar-refractivity contribution >= 4 is 12.0 Å². The highest BCUT2D eigenvalue weighted by Crippen LogP contribution is 1.75. The number of carbonyl (C=O) groups excluding carboxylic acids is 1. The maximum Gasteiger partial charge on any atom is 0.316 e. The fourth-order valence-corrected chi connectivity index (χ4v) is 0.483. The molecule has 0 aromatic carbocycles. The van der Waals surface area contributed by atoms with Crippen LogP contribution in [0, 0.1) is 0 Å². The molecule has 12 heavy (non-hydrogen) atoms. The van der Waals surface area contributed by atoms with Gasteiger partial charge in [0.15, 0.2) is 0 Å². The summed E-state index contributed by atoms with van der Waals surface area (Å²) in [7, 11) is 1.44. The number of carboxylic acids is 1. The largest absolute Gasteiger partial charge is 0.481 e. The van der Waals surface area contributed by atoms with Gasteiger partial charge in [-0.05, 0) is 0 Å². The maximum atomic E-state index is 10.7. The average molecular weight is 176 g/mol. The predicted octanol–water partition coefficient (Wildman–Crippen LogP) is -0.636. The molecular weight excluding hydrogens is 164 g/mol. The fraction of sp³-hybridized carbons (Fsp3) is 0.667. The molecule has 70 valence electrons. The first-order valence-corrected chi connectivity index (χ1v) is 3.39. The smallest absolute Gasteiger partial charge is 0.316 e. The van der Waals surface area contributed by atoms with E-state index in [0.717, 1.165) is 0 Å². The number of urea groups is 1. The van der Waals surface area contributed by atoms with E-state index in [0.29, 0.717) is 0 Å². The molecule has 0 fully saturated rings. The fourth-order valence-electron chi connectivity index (χ4n) is 0.483. The monoisotopic (exact) mass is 176 g/mol. The van der Waals surface area contributed by atoms with Gasteiger partial charge in [0.2, 0.25) is 0 Å². The lowest BCUT2D eigenvalue weighted by Crippen LogP contribution is -2.37. The Labute approximate surface area is 69.9 Å². The van der Waals surface area contributed by atoms with Gasteiger partial charge in [-0.1, -0.05) is 0 Å². The minimum Gasteiger partial charge on any atom is -0.481 e. The molecule has 0 heterocycles. The minimum atomic E-state index is -0.943. The Kier molecular flexibility index (Phi) is 5.72. The molecule has 0 saturated carbocycles. The normalized spacial score (nSPS) is 9.08. The van der Waals surface area contributed by atoms with Crippen LogP contribution in [-0.4, -0.2) is 37.5 Å². The van der Waals surface area contributed by atoms with Crippen LogP contribution in [0.5, 0.6) is 0 Å². The number of methoxy groups -OCH3 is 1. The third-order valence-electron chi connectivity index (χ3n) is 1.00. The third-order valence-corrected chi connectivity index (χ3v) is 1.00. The Balaban J connectivity index is 3.25. The highest BCUT2D eigenvalue weighted by molar-refractivity contribution is 5.74. The van der Waals surface area contributed by atoms with Crippen LogP contribution in [0.3, 0.4) is 0 Å². The molecule has 3 N–H and O–H groups in total. The van der Waals surface area contributed by atoms with Gasteiger partial charge >= 0.3 is 12.0 Å². The SMILES string of the molecule is COCNC(=O)NCCC(=O)O. The summed E-state index contributed by atoms with van der Waals surface area (Å²) in [5.41, 5.74) is 0. The van der Waals surface area contributed by atoms with Gasteiger partial charge < -0.3 is 20.5 Å². The summed E-state index contributed by atoms with van der Waals surface area (Å²) < 4.78 is 4.55. The number of aliphatic carboxylic acids is 1. The number of carboxylic acid groups (broad SMARTS) is 1. The van der Waals surface area contributed by atoms with E-state index in [-0.39, 0.29) is 19.7 Å². The highest BCUT2D eigenvalue weighted by atomic mass is 16.5. The zero-order valence-corrected chi connectivity index (χ0v) is 6.79. The van der Waals surface area contributed by atoms with Gasteiger partial charge in [-0.25, -0.2) is 4.79 Å². The Morgan fingerprint density at radius 3 is 2.58 bits per heavy atom. The quantitative estimate of drug-likeness (QED) is 0.486. The van der Waals surface area contributed by atoms with Crippen LogP contribution in [0.25, 0.3) is 0 Å². The summed E-state index contributed by atoms with van der Waals surface area (Å²) in [6.45, 7) is 0.226. The molecule has 0 atom stereocenters. The molecule has 0 spiro atoms. The van der Waals surface area contributed by atoms with Crippen molar-refractivity contribution in [2.75, 3.05) is 20.4 Å². The van der Waals surface area contributed by atoms with Gasteiger partial charge in [-0.3, -0.25) is 4.79 Å². The number of nitrogens with one attached hydrogen (secondary N) is 2. The molecule has 6 heteroatoms. The van der Waals surface area contributed by atoms with Crippen molar-refractivity contribution in [3.05, 3.63) is 0 Å². The van der Waals surface area contributed by atoms with Crippen LogP contribution in [0.4, 0.5) is 4.79 Å². The second-order valence-electron chi connectivity index (χ2n) is 2.01. The van der Waals surface area contributed by atoms with Crippen molar-refractivity contribution in [3.63, 3.8) is 0 Å². The van der Waals surface area contributed by atoms with Crippen molar-refractivity contribution in [2.24, 2.45) is 0 Å². The minimum absolute atomic E-state index is 0.0829. The summed E-state index contributed by atoms with van der Waals surface area (Å²) in [5.74, 6) is -0.943. The van der Waals surface area contributed by atoms with Gasteiger partial charge in [0.1, 0.15) is 6.73 Å². The molecule has 0 unspecified atom stereocenters. The molecule has 0 aromatic heterocycles.